The number of benzene rings is 1. The fraction of sp³-hybridized carbons (Fsp3) is 0.312. The Bertz CT molecular complexity index is 758. The highest BCUT2D eigenvalue weighted by Crippen LogP contribution is 2.22. The van der Waals surface area contributed by atoms with Gasteiger partial charge in [0.2, 0.25) is 0 Å². The number of hydrogen-bond acceptors (Lipinski definition) is 5. The summed E-state index contributed by atoms with van der Waals surface area (Å²) in [6.07, 6.45) is 0.326. The van der Waals surface area contributed by atoms with Crippen LogP contribution in [0.25, 0.3) is 0 Å². The van der Waals surface area contributed by atoms with Crippen LogP contribution in [0.2, 0.25) is 0 Å². The fourth-order valence-electron chi connectivity index (χ4n) is 1.87. The van der Waals surface area contributed by atoms with Crippen molar-refractivity contribution in [3.8, 4) is 5.75 Å². The van der Waals surface area contributed by atoms with Crippen molar-refractivity contribution in [1.82, 2.24) is 0 Å². The van der Waals surface area contributed by atoms with Crippen LogP contribution in [0.4, 0.5) is 0 Å². The summed E-state index contributed by atoms with van der Waals surface area (Å²) >= 11 is 1.32. The lowest BCUT2D eigenvalue weighted by molar-refractivity contribution is 0.102. The Kier molecular flexibility index (Phi) is 5.03. The second-order valence-corrected chi connectivity index (χ2v) is 8.35. The van der Waals surface area contributed by atoms with Gasteiger partial charge in [-0.25, -0.2) is 0 Å². The van der Waals surface area contributed by atoms with Crippen LogP contribution in [0.15, 0.2) is 36.4 Å². The van der Waals surface area contributed by atoms with E-state index in [0.717, 1.165) is 10.4 Å². The molecule has 6 heteroatoms. The molecule has 1 atom stereocenters. The highest BCUT2D eigenvalue weighted by molar-refractivity contribution is 7.87. The van der Waals surface area contributed by atoms with Crippen LogP contribution in [0.5, 0.6) is 5.75 Å². The fourth-order valence-corrected chi connectivity index (χ4v) is 3.94. The molecule has 1 aromatic carbocycles. The zero-order valence-electron chi connectivity index (χ0n) is 12.7. The molecule has 0 radical (unpaired) electrons. The molecule has 22 heavy (non-hydrogen) atoms. The van der Waals surface area contributed by atoms with E-state index in [-0.39, 0.29) is 5.78 Å². The van der Waals surface area contributed by atoms with Gasteiger partial charge in [-0.3, -0.25) is 4.79 Å². The molecular formula is C16H18O4S2. The van der Waals surface area contributed by atoms with Crippen molar-refractivity contribution in [2.45, 2.75) is 32.4 Å². The normalized spacial score (nSPS) is 12.9. The Morgan fingerprint density at radius 1 is 1.18 bits per heavy atom. The minimum Gasteiger partial charge on any atom is -0.382 e. The van der Waals surface area contributed by atoms with Gasteiger partial charge in [0, 0.05) is 11.3 Å². The van der Waals surface area contributed by atoms with Gasteiger partial charge in [0.15, 0.2) is 5.78 Å². The maximum atomic E-state index is 12.2. The van der Waals surface area contributed by atoms with Crippen molar-refractivity contribution in [2.24, 2.45) is 0 Å². The van der Waals surface area contributed by atoms with Gasteiger partial charge in [0.25, 0.3) is 0 Å². The highest BCUT2D eigenvalue weighted by Gasteiger charge is 2.24. The summed E-state index contributed by atoms with van der Waals surface area (Å²) in [4.78, 5) is 12.8. The first-order valence-corrected chi connectivity index (χ1v) is 9.16. The topological polar surface area (TPSA) is 60.4 Å². The van der Waals surface area contributed by atoms with E-state index in [9.17, 15) is 13.2 Å². The minimum atomic E-state index is -3.71. The van der Waals surface area contributed by atoms with Gasteiger partial charge in [0.1, 0.15) is 5.75 Å². The van der Waals surface area contributed by atoms with Gasteiger partial charge in [-0.15, -0.1) is 11.3 Å². The van der Waals surface area contributed by atoms with Gasteiger partial charge >= 0.3 is 10.1 Å². The van der Waals surface area contributed by atoms with Crippen molar-refractivity contribution in [2.75, 3.05) is 0 Å². The number of carbonyl (C=O) groups is 1. The number of carbonyl (C=O) groups excluding carboxylic acids is 1. The Balaban J connectivity index is 2.07. The Morgan fingerprint density at radius 3 is 2.36 bits per heavy atom. The lowest BCUT2D eigenvalue weighted by Crippen LogP contribution is -2.25. The molecule has 0 aliphatic heterocycles. The number of ketones is 1. The van der Waals surface area contributed by atoms with Crippen LogP contribution in [-0.2, 0) is 16.5 Å². The molecule has 118 valence electrons. The molecule has 1 unspecified atom stereocenters. The second kappa shape index (κ2) is 6.62. The molecule has 0 spiro atoms. The second-order valence-electron chi connectivity index (χ2n) is 5.23. The van der Waals surface area contributed by atoms with E-state index in [4.69, 9.17) is 4.18 Å². The maximum Gasteiger partial charge on any atom is 0.312 e. The van der Waals surface area contributed by atoms with Crippen LogP contribution in [0, 0.1) is 6.92 Å². The van der Waals surface area contributed by atoms with Gasteiger partial charge in [0.05, 0.1) is 10.1 Å². The zero-order chi connectivity index (χ0) is 16.3. The van der Waals surface area contributed by atoms with Gasteiger partial charge in [-0.05, 0) is 45.0 Å². The molecule has 0 aliphatic carbocycles. The quantitative estimate of drug-likeness (QED) is 0.596. The van der Waals surface area contributed by atoms with Crippen LogP contribution in [-0.4, -0.2) is 19.5 Å². The van der Waals surface area contributed by atoms with Gasteiger partial charge in [-0.2, -0.15) is 8.42 Å². The first-order chi connectivity index (χ1) is 10.3. The molecule has 0 aliphatic rings. The van der Waals surface area contributed by atoms with Crippen molar-refractivity contribution in [1.29, 1.82) is 0 Å². The number of hydrogen-bond donors (Lipinski definition) is 0. The van der Waals surface area contributed by atoms with Crippen molar-refractivity contribution in [3.63, 3.8) is 0 Å². The molecule has 0 N–H and O–H groups in total. The predicted molar refractivity (Wildman–Crippen MR) is 88.2 cm³/mol. The van der Waals surface area contributed by atoms with E-state index in [1.807, 2.05) is 6.92 Å². The minimum absolute atomic E-state index is 0.0114. The first-order valence-electron chi connectivity index (χ1n) is 6.87. The average Bonchev–Trinajstić information content (AvgIpc) is 2.90. The van der Waals surface area contributed by atoms with E-state index in [1.165, 1.54) is 18.3 Å². The average molecular weight is 338 g/mol. The SMILES string of the molecule is CC(=O)c1ccc(CC(C)S(=O)(=O)Oc2ccc(C)cc2)s1. The predicted octanol–water partition coefficient (Wildman–Crippen LogP) is 3.60. The van der Waals surface area contributed by atoms with E-state index in [0.29, 0.717) is 17.0 Å². The van der Waals surface area contributed by atoms with Crippen molar-refractivity contribution >= 4 is 27.2 Å². The largest absolute Gasteiger partial charge is 0.382 e. The summed E-state index contributed by atoms with van der Waals surface area (Å²) < 4.78 is 29.6. The molecular weight excluding hydrogens is 320 g/mol. The first kappa shape index (κ1) is 16.7. The van der Waals surface area contributed by atoms with Crippen molar-refractivity contribution < 1.29 is 17.4 Å². The Morgan fingerprint density at radius 2 is 1.82 bits per heavy atom. The van der Waals surface area contributed by atoms with E-state index in [2.05, 4.69) is 0 Å². The van der Waals surface area contributed by atoms with Crippen LogP contribution >= 0.6 is 11.3 Å². The monoisotopic (exact) mass is 338 g/mol. The lowest BCUT2D eigenvalue weighted by atomic mass is 10.2. The molecule has 4 nitrogen and oxygen atoms in total. The Labute approximate surface area is 134 Å². The molecule has 0 amide bonds. The molecule has 2 rings (SSSR count). The molecule has 0 bridgehead atoms. The summed E-state index contributed by atoms with van der Waals surface area (Å²) in [7, 11) is -3.71. The maximum absolute atomic E-state index is 12.2. The smallest absolute Gasteiger partial charge is 0.312 e. The molecule has 0 saturated carbocycles. The summed E-state index contributed by atoms with van der Waals surface area (Å²) in [6.45, 7) is 5.03. The third kappa shape index (κ3) is 4.18. The lowest BCUT2D eigenvalue weighted by Gasteiger charge is -2.13. The molecule has 0 fully saturated rings. The summed E-state index contributed by atoms with van der Waals surface area (Å²) in [5, 5.41) is -0.688. The molecule has 1 aromatic heterocycles. The van der Waals surface area contributed by atoms with E-state index < -0.39 is 15.4 Å². The molecule has 2 aromatic rings. The number of rotatable bonds is 6. The summed E-state index contributed by atoms with van der Waals surface area (Å²) in [5.74, 6) is 0.302. The summed E-state index contributed by atoms with van der Waals surface area (Å²) in [5.41, 5.74) is 1.04. The third-order valence-electron chi connectivity index (χ3n) is 3.22. The van der Waals surface area contributed by atoms with Crippen LogP contribution in [0.1, 0.15) is 34.0 Å². The molecule has 1 heterocycles. The van der Waals surface area contributed by atoms with Crippen LogP contribution in [0.3, 0.4) is 0 Å². The van der Waals surface area contributed by atoms with Gasteiger partial charge in [-0.1, -0.05) is 17.7 Å². The number of thiophene rings is 1. The van der Waals surface area contributed by atoms with E-state index in [1.54, 1.807) is 43.3 Å². The highest BCUT2D eigenvalue weighted by atomic mass is 32.2. The Hall–Kier alpha value is -1.66. The number of aryl methyl sites for hydroxylation is 1. The summed E-state index contributed by atoms with van der Waals surface area (Å²) in [6, 6.07) is 10.4. The van der Waals surface area contributed by atoms with Crippen molar-refractivity contribution in [3.05, 3.63) is 51.7 Å². The van der Waals surface area contributed by atoms with Crippen LogP contribution < -0.4 is 4.18 Å². The third-order valence-corrected chi connectivity index (χ3v) is 6.01. The number of Topliss-reactive ketones (excluding diaryl/α,β-unsaturated/α-hetero) is 1. The van der Waals surface area contributed by atoms with E-state index >= 15 is 0 Å². The van der Waals surface area contributed by atoms with Gasteiger partial charge < -0.3 is 4.18 Å². The zero-order valence-corrected chi connectivity index (χ0v) is 14.3. The standard InChI is InChI=1S/C16H18O4S2/c1-11-4-6-14(7-5-11)20-22(18,19)12(2)10-15-8-9-16(21-15)13(3)17/h4-9,12H,10H2,1-3H3. The molecule has 0 saturated heterocycles.